The summed E-state index contributed by atoms with van der Waals surface area (Å²) >= 11 is 7.99. The molecule has 0 aliphatic carbocycles. The van der Waals surface area contributed by atoms with E-state index in [1.165, 1.54) is 22.9 Å². The molecule has 1 unspecified atom stereocenters. The van der Waals surface area contributed by atoms with E-state index in [9.17, 15) is 22.8 Å². The van der Waals surface area contributed by atoms with E-state index in [1.54, 1.807) is 19.2 Å². The van der Waals surface area contributed by atoms with Gasteiger partial charge in [0.2, 0.25) is 0 Å². The number of piperidine rings is 1. The molecule has 2 amide bonds. The van der Waals surface area contributed by atoms with Crippen LogP contribution in [0, 0.1) is 0 Å². The number of ether oxygens (including phenoxy) is 1. The molecule has 16 heteroatoms. The number of amides is 2. The first-order valence-corrected chi connectivity index (χ1v) is 16.9. The summed E-state index contributed by atoms with van der Waals surface area (Å²) in [7, 11) is 1.14. The van der Waals surface area contributed by atoms with Crippen LogP contribution < -0.4 is 14.5 Å². The molecule has 3 aromatic heterocycles. The number of nitrogens with one attached hydrogen (secondary N) is 1. The second-order valence-electron chi connectivity index (χ2n) is 12.1. The van der Waals surface area contributed by atoms with Crippen molar-refractivity contribution in [3.05, 3.63) is 52.7 Å². The molecule has 1 N–H and O–H groups in total. The summed E-state index contributed by atoms with van der Waals surface area (Å²) in [5, 5.41) is 6.24. The second kappa shape index (κ2) is 12.8. The summed E-state index contributed by atoms with van der Waals surface area (Å²) in [6, 6.07) is 4.27. The molecule has 47 heavy (non-hydrogen) atoms. The molecular formula is C31H35AsClF3N8O3. The van der Waals surface area contributed by atoms with E-state index in [0.29, 0.717) is 40.8 Å². The summed E-state index contributed by atoms with van der Waals surface area (Å²) in [6.45, 7) is 8.10. The fourth-order valence-corrected chi connectivity index (χ4v) is 7.46. The van der Waals surface area contributed by atoms with Gasteiger partial charge in [0.05, 0.1) is 0 Å². The van der Waals surface area contributed by atoms with Crippen LogP contribution in [0.5, 0.6) is 5.75 Å². The van der Waals surface area contributed by atoms with Crippen molar-refractivity contribution < 1.29 is 27.5 Å². The Morgan fingerprint density at radius 1 is 1.21 bits per heavy atom. The fraction of sp³-hybridized carbons (Fsp3) is 0.452. The van der Waals surface area contributed by atoms with Crippen LogP contribution in [0.25, 0.3) is 16.8 Å². The molecule has 0 spiro atoms. The number of fused-ring (bicyclic) bond motifs is 2. The van der Waals surface area contributed by atoms with Gasteiger partial charge < -0.3 is 0 Å². The van der Waals surface area contributed by atoms with Gasteiger partial charge in [0.1, 0.15) is 0 Å². The van der Waals surface area contributed by atoms with Crippen molar-refractivity contribution in [1.29, 1.82) is 0 Å². The van der Waals surface area contributed by atoms with Gasteiger partial charge in [0.25, 0.3) is 0 Å². The SMILES string of the molecule is CCOc1cc(C(=O)Nc2cc(C(F)(F)F)n(C)n2)c(Cl)cc1-c1nc([C@@H]2CC[C@H]3CN(C(C)C)CC(=O)N3C2)n2ccnc([AsH2])c12. The molecule has 0 saturated carbocycles. The van der Waals surface area contributed by atoms with Gasteiger partial charge in [-0.25, -0.2) is 0 Å². The van der Waals surface area contributed by atoms with Crippen molar-refractivity contribution in [3.63, 3.8) is 0 Å². The van der Waals surface area contributed by atoms with Crippen LogP contribution >= 0.6 is 11.6 Å². The van der Waals surface area contributed by atoms with Crippen LogP contribution in [0.15, 0.2) is 30.6 Å². The third kappa shape index (κ3) is 6.35. The second-order valence-corrected chi connectivity index (χ2v) is 13.7. The Kier molecular flexibility index (Phi) is 9.05. The number of nitrogens with zero attached hydrogens (tertiary/aromatic N) is 7. The van der Waals surface area contributed by atoms with E-state index in [0.717, 1.165) is 48.3 Å². The van der Waals surface area contributed by atoms with E-state index in [4.69, 9.17) is 21.3 Å². The van der Waals surface area contributed by atoms with Crippen LogP contribution in [-0.4, -0.2) is 101 Å². The molecule has 5 heterocycles. The molecule has 2 saturated heterocycles. The molecule has 4 aromatic rings. The van der Waals surface area contributed by atoms with Gasteiger partial charge >= 0.3 is 263 Å². The Hall–Kier alpha value is -3.61. The summed E-state index contributed by atoms with van der Waals surface area (Å²) in [4.78, 5) is 40.4. The molecule has 1 aromatic carbocycles. The van der Waals surface area contributed by atoms with Gasteiger partial charge in [-0.15, -0.1) is 0 Å². The van der Waals surface area contributed by atoms with Crippen LogP contribution in [-0.2, 0) is 18.0 Å². The quantitative estimate of drug-likeness (QED) is 0.290. The molecule has 3 atom stereocenters. The summed E-state index contributed by atoms with van der Waals surface area (Å²) in [6.07, 6.45) is 0.666. The Morgan fingerprint density at radius 3 is 2.66 bits per heavy atom. The summed E-state index contributed by atoms with van der Waals surface area (Å²) in [5.41, 5.74) is 0.869. The predicted octanol–water partition coefficient (Wildman–Crippen LogP) is 3.51. The van der Waals surface area contributed by atoms with Gasteiger partial charge in [-0.2, -0.15) is 13.2 Å². The number of hydrogen-bond acceptors (Lipinski definition) is 7. The zero-order chi connectivity index (χ0) is 33.8. The first-order valence-electron chi connectivity index (χ1n) is 15.3. The summed E-state index contributed by atoms with van der Waals surface area (Å²) < 4.78 is 49.3. The average Bonchev–Trinajstić information content (AvgIpc) is 3.59. The third-order valence-electron chi connectivity index (χ3n) is 8.80. The van der Waals surface area contributed by atoms with Crippen LogP contribution in [0.1, 0.15) is 61.4 Å². The first-order chi connectivity index (χ1) is 22.3. The topological polar surface area (TPSA) is 110 Å². The normalized spacial score (nSPS) is 19.0. The van der Waals surface area contributed by atoms with Gasteiger partial charge in [-0.05, 0) is 0 Å². The van der Waals surface area contributed by atoms with E-state index >= 15 is 0 Å². The zero-order valence-corrected chi connectivity index (χ0v) is 29.5. The minimum atomic E-state index is -4.63. The standard InChI is InChI=1S/C31H35AsClF3N8O3/c1-5-47-22-11-19(30(46)38-24-12-23(31(34,35)36)41(4)40-24)21(33)10-20(22)26-27-28(32)37-8-9-43(27)29(39-26)17-6-7-18-14-42(16(2)3)15-25(45)44(18)13-17/h8-12,16-18H,5-7,13-15,32H2,1-4H3,(H,38,40,46)/t17-,18+/m1/s1. The Bertz CT molecular complexity index is 1860. The molecule has 2 aliphatic heterocycles. The van der Waals surface area contributed by atoms with Crippen molar-refractivity contribution in [2.75, 3.05) is 31.6 Å². The molecule has 250 valence electrons. The monoisotopic (exact) mass is 734 g/mol. The van der Waals surface area contributed by atoms with Gasteiger partial charge in [-0.1, -0.05) is 0 Å². The number of anilines is 1. The average molecular weight is 735 g/mol. The number of piperazine rings is 1. The van der Waals surface area contributed by atoms with Gasteiger partial charge in [0.15, 0.2) is 0 Å². The van der Waals surface area contributed by atoms with Crippen molar-refractivity contribution in [1.82, 2.24) is 33.9 Å². The van der Waals surface area contributed by atoms with Crippen LogP contribution in [0.3, 0.4) is 0 Å². The maximum atomic E-state index is 13.3. The van der Waals surface area contributed by atoms with E-state index < -0.39 is 17.8 Å². The third-order valence-corrected chi connectivity index (χ3v) is 10.00. The van der Waals surface area contributed by atoms with E-state index in [1.807, 2.05) is 15.5 Å². The number of rotatable bonds is 7. The Balaban J connectivity index is 1.36. The number of carbonyl (C=O) groups excluding carboxylic acids is 2. The van der Waals surface area contributed by atoms with Crippen LogP contribution in [0.2, 0.25) is 5.02 Å². The van der Waals surface area contributed by atoms with Crippen molar-refractivity contribution in [2.45, 2.75) is 57.8 Å². The number of aromatic nitrogens is 5. The number of alkyl halides is 3. The Morgan fingerprint density at radius 2 is 1.98 bits per heavy atom. The number of imidazole rings is 1. The van der Waals surface area contributed by atoms with Gasteiger partial charge in [-0.3, -0.25) is 0 Å². The Labute approximate surface area is 282 Å². The molecule has 2 aliphatic rings. The number of hydrogen-bond donors (Lipinski definition) is 1. The molecule has 0 bridgehead atoms. The van der Waals surface area contributed by atoms with Crippen molar-refractivity contribution in [2.24, 2.45) is 7.05 Å². The zero-order valence-electron chi connectivity index (χ0n) is 26.3. The molecule has 11 nitrogen and oxygen atoms in total. The molecule has 6 rings (SSSR count). The number of benzene rings is 1. The fourth-order valence-electron chi connectivity index (χ4n) is 6.45. The molecule has 2 fully saturated rings. The van der Waals surface area contributed by atoms with E-state index in [2.05, 4.69) is 34.1 Å². The molecule has 0 radical (unpaired) electrons. The first kappa shape index (κ1) is 33.3. The minimum absolute atomic E-state index is 0.00161. The summed E-state index contributed by atoms with van der Waals surface area (Å²) in [5.74, 6) is 0.212. The van der Waals surface area contributed by atoms with Crippen LogP contribution in [0.4, 0.5) is 19.0 Å². The van der Waals surface area contributed by atoms with Gasteiger partial charge in [0, 0.05) is 7.05 Å². The molecular weight excluding hydrogens is 700 g/mol. The maximum absolute atomic E-state index is 13.3. The van der Waals surface area contributed by atoms with Crippen molar-refractivity contribution in [3.8, 4) is 17.0 Å². The number of carbonyl (C=O) groups is 2. The number of halogens is 4. The number of aryl methyl sites for hydroxylation is 1. The van der Waals surface area contributed by atoms with Crippen molar-refractivity contribution >= 4 is 56.1 Å². The van der Waals surface area contributed by atoms with E-state index in [-0.39, 0.29) is 40.9 Å². The predicted molar refractivity (Wildman–Crippen MR) is 173 cm³/mol.